The smallest absolute Gasteiger partial charge is 0.320 e. The third-order valence-electron chi connectivity index (χ3n) is 3.49. The summed E-state index contributed by atoms with van der Waals surface area (Å²) in [6, 6.07) is 0. The van der Waals surface area contributed by atoms with Crippen molar-refractivity contribution < 1.29 is 14.3 Å². The average molecular weight is 251 g/mol. The van der Waals surface area contributed by atoms with Gasteiger partial charge >= 0.3 is 5.97 Å². The molecule has 1 heterocycles. The SMILES string of the molecule is COCCOC(=O)CN1CCC2CC=CC=C2C1. The van der Waals surface area contributed by atoms with Gasteiger partial charge in [-0.25, -0.2) is 0 Å². The molecule has 1 unspecified atom stereocenters. The number of carbonyl (C=O) groups is 1. The zero-order valence-corrected chi connectivity index (χ0v) is 10.9. The molecular formula is C14H21NO3. The maximum absolute atomic E-state index is 11.6. The lowest BCUT2D eigenvalue weighted by atomic mass is 9.85. The summed E-state index contributed by atoms with van der Waals surface area (Å²) in [4.78, 5) is 13.8. The minimum atomic E-state index is -0.155. The first-order chi connectivity index (χ1) is 8.79. The predicted octanol–water partition coefficient (Wildman–Crippen LogP) is 1.38. The molecule has 0 aromatic rings. The van der Waals surface area contributed by atoms with Gasteiger partial charge in [-0.15, -0.1) is 0 Å². The third-order valence-corrected chi connectivity index (χ3v) is 3.49. The highest BCUT2D eigenvalue weighted by molar-refractivity contribution is 5.71. The summed E-state index contributed by atoms with van der Waals surface area (Å²) in [7, 11) is 1.60. The molecule has 0 saturated carbocycles. The second-order valence-electron chi connectivity index (χ2n) is 4.81. The lowest BCUT2D eigenvalue weighted by Gasteiger charge is -2.34. The monoisotopic (exact) mass is 251 g/mol. The molecule has 0 spiro atoms. The quantitative estimate of drug-likeness (QED) is 0.546. The zero-order valence-electron chi connectivity index (χ0n) is 10.9. The number of fused-ring (bicyclic) bond motifs is 1. The van der Waals surface area contributed by atoms with E-state index >= 15 is 0 Å². The molecule has 0 amide bonds. The minimum absolute atomic E-state index is 0.155. The first kappa shape index (κ1) is 13.3. The van der Waals surface area contributed by atoms with E-state index in [9.17, 15) is 4.79 Å². The summed E-state index contributed by atoms with van der Waals surface area (Å²) < 4.78 is 9.93. The molecule has 2 rings (SSSR count). The van der Waals surface area contributed by atoms with Crippen LogP contribution in [-0.4, -0.2) is 50.8 Å². The number of methoxy groups -OCH3 is 1. The Morgan fingerprint density at radius 3 is 3.22 bits per heavy atom. The van der Waals surface area contributed by atoms with Crippen LogP contribution >= 0.6 is 0 Å². The summed E-state index contributed by atoms with van der Waals surface area (Å²) in [5, 5.41) is 0. The first-order valence-electron chi connectivity index (χ1n) is 6.52. The number of nitrogens with zero attached hydrogens (tertiary/aromatic N) is 1. The van der Waals surface area contributed by atoms with Gasteiger partial charge in [-0.05, 0) is 25.3 Å². The van der Waals surface area contributed by atoms with E-state index in [0.29, 0.717) is 25.7 Å². The predicted molar refractivity (Wildman–Crippen MR) is 69.2 cm³/mol. The van der Waals surface area contributed by atoms with E-state index in [2.05, 4.69) is 23.1 Å². The van der Waals surface area contributed by atoms with Crippen molar-refractivity contribution >= 4 is 5.97 Å². The Bertz CT molecular complexity index is 349. The van der Waals surface area contributed by atoms with Gasteiger partial charge in [-0.3, -0.25) is 9.69 Å². The van der Waals surface area contributed by atoms with E-state index in [0.717, 1.165) is 25.9 Å². The first-order valence-corrected chi connectivity index (χ1v) is 6.52. The van der Waals surface area contributed by atoms with E-state index in [1.54, 1.807) is 7.11 Å². The standard InChI is InChI=1S/C14H21NO3/c1-17-8-9-18-14(16)11-15-7-6-12-4-2-3-5-13(12)10-15/h2-3,5,12H,4,6-11H2,1H3. The van der Waals surface area contributed by atoms with Crippen LogP contribution in [0.4, 0.5) is 0 Å². The summed E-state index contributed by atoms with van der Waals surface area (Å²) in [5.74, 6) is 0.535. The van der Waals surface area contributed by atoms with Crippen LogP contribution in [0.1, 0.15) is 12.8 Å². The molecule has 0 N–H and O–H groups in total. The highest BCUT2D eigenvalue weighted by atomic mass is 16.6. The minimum Gasteiger partial charge on any atom is -0.462 e. The fourth-order valence-electron chi connectivity index (χ4n) is 2.48. The van der Waals surface area contributed by atoms with E-state index in [1.807, 2.05) is 0 Å². The molecule has 100 valence electrons. The van der Waals surface area contributed by atoms with Crippen LogP contribution in [0, 0.1) is 5.92 Å². The molecule has 1 fully saturated rings. The van der Waals surface area contributed by atoms with Gasteiger partial charge in [-0.2, -0.15) is 0 Å². The average Bonchev–Trinajstić information content (AvgIpc) is 2.39. The van der Waals surface area contributed by atoms with Gasteiger partial charge in [0.25, 0.3) is 0 Å². The lowest BCUT2D eigenvalue weighted by Crippen LogP contribution is -2.39. The molecule has 18 heavy (non-hydrogen) atoms. The highest BCUT2D eigenvalue weighted by Gasteiger charge is 2.25. The maximum Gasteiger partial charge on any atom is 0.320 e. The van der Waals surface area contributed by atoms with Crippen molar-refractivity contribution in [1.82, 2.24) is 4.90 Å². The molecule has 4 nitrogen and oxygen atoms in total. The number of allylic oxidation sites excluding steroid dienone is 3. The Morgan fingerprint density at radius 2 is 2.39 bits per heavy atom. The van der Waals surface area contributed by atoms with Crippen molar-refractivity contribution in [2.24, 2.45) is 5.92 Å². The molecule has 0 radical (unpaired) electrons. The van der Waals surface area contributed by atoms with Crippen molar-refractivity contribution in [2.75, 3.05) is 40.0 Å². The fourth-order valence-corrected chi connectivity index (χ4v) is 2.48. The van der Waals surface area contributed by atoms with Crippen molar-refractivity contribution in [1.29, 1.82) is 0 Å². The number of hydrogen-bond acceptors (Lipinski definition) is 4. The van der Waals surface area contributed by atoms with Crippen molar-refractivity contribution in [2.45, 2.75) is 12.8 Å². The lowest BCUT2D eigenvalue weighted by molar-refractivity contribution is -0.146. The van der Waals surface area contributed by atoms with Crippen LogP contribution in [0.5, 0.6) is 0 Å². The fraction of sp³-hybridized carbons (Fsp3) is 0.643. The molecule has 0 bridgehead atoms. The van der Waals surface area contributed by atoms with Crippen molar-refractivity contribution in [3.63, 3.8) is 0 Å². The van der Waals surface area contributed by atoms with Crippen LogP contribution in [-0.2, 0) is 14.3 Å². The second-order valence-corrected chi connectivity index (χ2v) is 4.81. The Balaban J connectivity index is 1.75. The maximum atomic E-state index is 11.6. The van der Waals surface area contributed by atoms with Gasteiger partial charge in [0.15, 0.2) is 0 Å². The number of rotatable bonds is 5. The largest absolute Gasteiger partial charge is 0.462 e. The van der Waals surface area contributed by atoms with Crippen LogP contribution < -0.4 is 0 Å². The van der Waals surface area contributed by atoms with Crippen LogP contribution in [0.2, 0.25) is 0 Å². The van der Waals surface area contributed by atoms with Gasteiger partial charge in [0.1, 0.15) is 6.61 Å². The number of hydrogen-bond donors (Lipinski definition) is 0. The molecule has 1 aliphatic carbocycles. The normalized spacial score (nSPS) is 23.4. The van der Waals surface area contributed by atoms with Crippen molar-refractivity contribution in [3.05, 3.63) is 23.8 Å². The number of esters is 1. The zero-order chi connectivity index (χ0) is 12.8. The van der Waals surface area contributed by atoms with Crippen LogP contribution in [0.3, 0.4) is 0 Å². The van der Waals surface area contributed by atoms with E-state index in [-0.39, 0.29) is 5.97 Å². The highest BCUT2D eigenvalue weighted by Crippen LogP contribution is 2.28. The van der Waals surface area contributed by atoms with E-state index < -0.39 is 0 Å². The molecule has 4 heteroatoms. The molecule has 1 atom stereocenters. The van der Waals surface area contributed by atoms with E-state index in [4.69, 9.17) is 9.47 Å². The summed E-state index contributed by atoms with van der Waals surface area (Å²) >= 11 is 0. The third kappa shape index (κ3) is 3.68. The van der Waals surface area contributed by atoms with Crippen LogP contribution in [0.25, 0.3) is 0 Å². The number of likely N-dealkylation sites (tertiary alicyclic amines) is 1. The number of ether oxygens (including phenoxy) is 2. The summed E-state index contributed by atoms with van der Waals surface area (Å²) in [6.45, 7) is 3.07. The molecule has 1 aliphatic heterocycles. The Hall–Kier alpha value is -1.13. The van der Waals surface area contributed by atoms with Crippen molar-refractivity contribution in [3.8, 4) is 0 Å². The topological polar surface area (TPSA) is 38.8 Å². The number of carbonyl (C=O) groups excluding carboxylic acids is 1. The van der Waals surface area contributed by atoms with Gasteiger partial charge in [0.05, 0.1) is 13.2 Å². The van der Waals surface area contributed by atoms with Gasteiger partial charge in [0, 0.05) is 13.7 Å². The Morgan fingerprint density at radius 1 is 1.50 bits per heavy atom. The molecule has 1 saturated heterocycles. The molecular weight excluding hydrogens is 230 g/mol. The summed E-state index contributed by atoms with van der Waals surface area (Å²) in [6.07, 6.45) is 8.82. The van der Waals surface area contributed by atoms with E-state index in [1.165, 1.54) is 5.57 Å². The molecule has 2 aliphatic rings. The Kier molecular flexibility index (Phi) is 4.96. The summed E-state index contributed by atoms with van der Waals surface area (Å²) in [5.41, 5.74) is 1.45. The number of piperidine rings is 1. The second kappa shape index (κ2) is 6.71. The van der Waals surface area contributed by atoms with Gasteiger partial charge in [-0.1, -0.05) is 23.8 Å². The molecule has 0 aromatic heterocycles. The molecule has 0 aromatic carbocycles. The van der Waals surface area contributed by atoms with Crippen LogP contribution in [0.15, 0.2) is 23.8 Å². The Labute approximate surface area is 108 Å². The van der Waals surface area contributed by atoms with Gasteiger partial charge < -0.3 is 9.47 Å². The van der Waals surface area contributed by atoms with Gasteiger partial charge in [0.2, 0.25) is 0 Å².